The van der Waals surface area contributed by atoms with Gasteiger partial charge < -0.3 is 15.7 Å². The van der Waals surface area contributed by atoms with Crippen LogP contribution in [0.3, 0.4) is 0 Å². The summed E-state index contributed by atoms with van der Waals surface area (Å²) in [5.41, 5.74) is -0.766. The SMILES string of the molecule is CCC(CC)NC(=O)C(C)NCC(C)(O)CC(C)C. The smallest absolute Gasteiger partial charge is 0.237 e. The van der Waals surface area contributed by atoms with E-state index in [1.807, 2.05) is 13.8 Å². The molecule has 0 aromatic heterocycles. The first-order valence-corrected chi connectivity index (χ1v) is 7.48. The molecular formula is C15H32N2O2. The molecule has 0 rings (SSSR count). The van der Waals surface area contributed by atoms with Crippen molar-refractivity contribution in [1.29, 1.82) is 0 Å². The summed E-state index contributed by atoms with van der Waals surface area (Å²) >= 11 is 0. The Kier molecular flexibility index (Phi) is 8.26. The van der Waals surface area contributed by atoms with Crippen molar-refractivity contribution in [2.24, 2.45) is 5.92 Å². The molecule has 0 fully saturated rings. The van der Waals surface area contributed by atoms with Gasteiger partial charge in [-0.1, -0.05) is 27.7 Å². The Morgan fingerprint density at radius 3 is 2.16 bits per heavy atom. The summed E-state index contributed by atoms with van der Waals surface area (Å²) in [7, 11) is 0. The van der Waals surface area contributed by atoms with E-state index >= 15 is 0 Å². The molecule has 3 N–H and O–H groups in total. The van der Waals surface area contributed by atoms with Crippen LogP contribution in [0.5, 0.6) is 0 Å². The molecule has 0 aliphatic heterocycles. The van der Waals surface area contributed by atoms with E-state index in [9.17, 15) is 9.90 Å². The van der Waals surface area contributed by atoms with Gasteiger partial charge in [0.25, 0.3) is 0 Å². The van der Waals surface area contributed by atoms with E-state index in [1.165, 1.54) is 0 Å². The minimum Gasteiger partial charge on any atom is -0.389 e. The summed E-state index contributed by atoms with van der Waals surface area (Å²) < 4.78 is 0. The third-order valence-corrected chi connectivity index (χ3v) is 3.36. The zero-order valence-corrected chi connectivity index (χ0v) is 13.4. The third kappa shape index (κ3) is 8.22. The minimum absolute atomic E-state index is 0.00838. The maximum atomic E-state index is 12.0. The second-order valence-electron chi connectivity index (χ2n) is 6.22. The van der Waals surface area contributed by atoms with Gasteiger partial charge in [-0.3, -0.25) is 4.79 Å². The molecule has 0 aromatic carbocycles. The van der Waals surface area contributed by atoms with Crippen LogP contribution in [0, 0.1) is 5.92 Å². The highest BCUT2D eigenvalue weighted by Gasteiger charge is 2.24. The van der Waals surface area contributed by atoms with Crippen LogP contribution in [0.2, 0.25) is 0 Å². The monoisotopic (exact) mass is 272 g/mol. The molecule has 0 saturated heterocycles. The summed E-state index contributed by atoms with van der Waals surface area (Å²) in [6, 6.07) is -0.0350. The van der Waals surface area contributed by atoms with Gasteiger partial charge in [0.05, 0.1) is 11.6 Å². The molecular weight excluding hydrogens is 240 g/mol. The van der Waals surface area contributed by atoms with Crippen LogP contribution in [-0.4, -0.2) is 35.2 Å². The normalized spacial score (nSPS) is 16.5. The molecule has 0 aliphatic rings. The summed E-state index contributed by atoms with van der Waals surface area (Å²) in [4.78, 5) is 12.0. The van der Waals surface area contributed by atoms with Crippen molar-refractivity contribution in [3.8, 4) is 0 Å². The van der Waals surface area contributed by atoms with Crippen LogP contribution in [0.1, 0.15) is 60.8 Å². The van der Waals surface area contributed by atoms with E-state index in [-0.39, 0.29) is 18.0 Å². The first kappa shape index (κ1) is 18.4. The first-order valence-electron chi connectivity index (χ1n) is 7.48. The Bertz CT molecular complexity index is 261. The van der Waals surface area contributed by atoms with Crippen molar-refractivity contribution < 1.29 is 9.90 Å². The summed E-state index contributed by atoms with van der Waals surface area (Å²) in [5, 5.41) is 16.3. The molecule has 0 aliphatic carbocycles. The molecule has 4 nitrogen and oxygen atoms in total. The lowest BCUT2D eigenvalue weighted by molar-refractivity contribution is -0.123. The number of amides is 1. The average Bonchev–Trinajstić information content (AvgIpc) is 2.31. The predicted octanol–water partition coefficient (Wildman–Crippen LogP) is 2.07. The Hall–Kier alpha value is -0.610. The van der Waals surface area contributed by atoms with Gasteiger partial charge in [0.1, 0.15) is 0 Å². The minimum atomic E-state index is -0.766. The van der Waals surface area contributed by atoms with Gasteiger partial charge in [0.15, 0.2) is 0 Å². The maximum Gasteiger partial charge on any atom is 0.237 e. The molecule has 0 bridgehead atoms. The molecule has 0 saturated carbocycles. The summed E-state index contributed by atoms with van der Waals surface area (Å²) in [6.07, 6.45) is 2.61. The van der Waals surface area contributed by atoms with Gasteiger partial charge in [0, 0.05) is 12.6 Å². The van der Waals surface area contributed by atoms with Crippen LogP contribution in [0.4, 0.5) is 0 Å². The van der Waals surface area contributed by atoms with Gasteiger partial charge in [-0.05, 0) is 39.0 Å². The molecule has 2 atom stereocenters. The van der Waals surface area contributed by atoms with Crippen LogP contribution in [0.15, 0.2) is 0 Å². The maximum absolute atomic E-state index is 12.0. The zero-order chi connectivity index (χ0) is 15.1. The number of rotatable bonds is 9. The van der Waals surface area contributed by atoms with E-state index in [0.717, 1.165) is 19.3 Å². The number of nitrogens with one attached hydrogen (secondary N) is 2. The Morgan fingerprint density at radius 1 is 1.21 bits per heavy atom. The molecule has 1 amide bonds. The lowest BCUT2D eigenvalue weighted by atomic mass is 9.94. The van der Waals surface area contributed by atoms with Crippen molar-refractivity contribution in [3.05, 3.63) is 0 Å². The fourth-order valence-corrected chi connectivity index (χ4v) is 2.24. The first-order chi connectivity index (χ1) is 8.71. The van der Waals surface area contributed by atoms with E-state index < -0.39 is 5.60 Å². The van der Waals surface area contributed by atoms with Crippen molar-refractivity contribution in [3.63, 3.8) is 0 Å². The van der Waals surface area contributed by atoms with Gasteiger partial charge in [-0.15, -0.1) is 0 Å². The van der Waals surface area contributed by atoms with Crippen molar-refractivity contribution in [1.82, 2.24) is 10.6 Å². The zero-order valence-electron chi connectivity index (χ0n) is 13.4. The van der Waals surface area contributed by atoms with Crippen LogP contribution in [0.25, 0.3) is 0 Å². The fourth-order valence-electron chi connectivity index (χ4n) is 2.24. The standard InChI is InChI=1S/C15H32N2O2/c1-7-13(8-2)17-14(18)12(5)16-10-15(6,19)9-11(3)4/h11-13,16,19H,7-10H2,1-6H3,(H,17,18). The molecule has 114 valence electrons. The highest BCUT2D eigenvalue weighted by molar-refractivity contribution is 5.81. The quantitative estimate of drug-likeness (QED) is 0.602. The molecule has 0 spiro atoms. The molecule has 0 aromatic rings. The number of carbonyl (C=O) groups is 1. The Morgan fingerprint density at radius 2 is 1.74 bits per heavy atom. The number of hydrogen-bond donors (Lipinski definition) is 3. The van der Waals surface area contributed by atoms with E-state index in [4.69, 9.17) is 0 Å². The number of aliphatic hydroxyl groups is 1. The Labute approximate surface area is 118 Å². The summed E-state index contributed by atoms with van der Waals surface area (Å²) in [5.74, 6) is 0.444. The van der Waals surface area contributed by atoms with Crippen LogP contribution in [-0.2, 0) is 4.79 Å². The topological polar surface area (TPSA) is 61.4 Å². The lowest BCUT2D eigenvalue weighted by Crippen LogP contribution is -2.50. The highest BCUT2D eigenvalue weighted by atomic mass is 16.3. The predicted molar refractivity (Wildman–Crippen MR) is 80.1 cm³/mol. The van der Waals surface area contributed by atoms with Crippen LogP contribution >= 0.6 is 0 Å². The van der Waals surface area contributed by atoms with E-state index in [2.05, 4.69) is 38.3 Å². The third-order valence-electron chi connectivity index (χ3n) is 3.36. The van der Waals surface area contributed by atoms with Crippen molar-refractivity contribution >= 4 is 5.91 Å². The van der Waals surface area contributed by atoms with Gasteiger partial charge in [0.2, 0.25) is 5.91 Å². The lowest BCUT2D eigenvalue weighted by Gasteiger charge is -2.28. The van der Waals surface area contributed by atoms with Crippen molar-refractivity contribution in [2.45, 2.75) is 78.5 Å². The Balaban J connectivity index is 4.16. The molecule has 2 unspecified atom stereocenters. The largest absolute Gasteiger partial charge is 0.389 e. The fraction of sp³-hybridized carbons (Fsp3) is 0.933. The van der Waals surface area contributed by atoms with E-state index in [1.54, 1.807) is 0 Å². The average molecular weight is 272 g/mol. The highest BCUT2D eigenvalue weighted by Crippen LogP contribution is 2.15. The summed E-state index contributed by atoms with van der Waals surface area (Å²) in [6.45, 7) is 12.4. The molecule has 19 heavy (non-hydrogen) atoms. The number of hydrogen-bond acceptors (Lipinski definition) is 3. The molecule has 0 radical (unpaired) electrons. The second-order valence-corrected chi connectivity index (χ2v) is 6.22. The second kappa shape index (κ2) is 8.54. The van der Waals surface area contributed by atoms with Gasteiger partial charge in [-0.2, -0.15) is 0 Å². The molecule has 0 heterocycles. The van der Waals surface area contributed by atoms with Gasteiger partial charge in [-0.25, -0.2) is 0 Å². The van der Waals surface area contributed by atoms with Gasteiger partial charge >= 0.3 is 0 Å². The van der Waals surface area contributed by atoms with Crippen LogP contribution < -0.4 is 10.6 Å². The van der Waals surface area contributed by atoms with Crippen molar-refractivity contribution in [2.75, 3.05) is 6.54 Å². The molecule has 4 heteroatoms. The van der Waals surface area contributed by atoms with E-state index in [0.29, 0.717) is 12.5 Å². The number of carbonyl (C=O) groups excluding carboxylic acids is 1.